The van der Waals surface area contributed by atoms with Crippen molar-refractivity contribution in [1.29, 1.82) is 0 Å². The summed E-state index contributed by atoms with van der Waals surface area (Å²) in [6.45, 7) is 4.96. The van der Waals surface area contributed by atoms with Gasteiger partial charge in [-0.05, 0) is 57.8 Å². The van der Waals surface area contributed by atoms with E-state index in [2.05, 4.69) is 43.5 Å². The Kier molecular flexibility index (Phi) is 62.4. The van der Waals surface area contributed by atoms with E-state index in [0.717, 1.165) is 51.4 Å². The van der Waals surface area contributed by atoms with Crippen molar-refractivity contribution in [2.75, 3.05) is 13.2 Å². The quantitative estimate of drug-likeness (QED) is 0.0320. The standard InChI is InChI=1S/C68H131NO5/c1-3-5-7-9-11-13-15-17-19-21-25-30-34-38-42-46-50-54-58-62-68(73)74-63-59-55-51-47-43-39-35-31-27-24-22-23-26-29-33-37-41-45-49-53-57-61-67(72)69-65(64-70)66(71)60-56-52-48-44-40-36-32-28-20-18-16-14-12-10-8-6-4-2/h11,13,17,19,65-66,70-71H,3-10,12,14-16,18,20-64H2,1-2H3,(H,69,72)/b13-11-,19-17-. The first-order chi connectivity index (χ1) is 36.5. The monoisotopic (exact) mass is 1040 g/mol. The number of nitrogens with one attached hydrogen (secondary N) is 1. The van der Waals surface area contributed by atoms with Crippen LogP contribution in [-0.4, -0.2) is 47.4 Å². The molecular formula is C68H131NO5. The van der Waals surface area contributed by atoms with Crippen molar-refractivity contribution in [2.24, 2.45) is 0 Å². The molecule has 0 aliphatic rings. The Morgan fingerprint density at radius 1 is 0.378 bits per heavy atom. The molecule has 2 atom stereocenters. The number of hydrogen-bond donors (Lipinski definition) is 3. The lowest BCUT2D eigenvalue weighted by Gasteiger charge is -2.22. The van der Waals surface area contributed by atoms with E-state index in [1.807, 2.05) is 0 Å². The highest BCUT2D eigenvalue weighted by molar-refractivity contribution is 5.76. The molecule has 0 aliphatic heterocycles. The number of carbonyl (C=O) groups is 2. The van der Waals surface area contributed by atoms with Crippen LogP contribution in [0.25, 0.3) is 0 Å². The minimum atomic E-state index is -0.665. The molecule has 2 unspecified atom stereocenters. The summed E-state index contributed by atoms with van der Waals surface area (Å²) in [5.74, 6) is -0.0237. The van der Waals surface area contributed by atoms with Gasteiger partial charge in [0.05, 0.1) is 25.4 Å². The Balaban J connectivity index is 3.37. The molecule has 0 heterocycles. The molecule has 0 saturated heterocycles. The smallest absolute Gasteiger partial charge is 0.305 e. The second-order valence-electron chi connectivity index (χ2n) is 23.2. The van der Waals surface area contributed by atoms with Crippen LogP contribution in [0.1, 0.15) is 373 Å². The van der Waals surface area contributed by atoms with Gasteiger partial charge in [-0.25, -0.2) is 0 Å². The van der Waals surface area contributed by atoms with Gasteiger partial charge in [0.25, 0.3) is 0 Å². The fourth-order valence-corrected chi connectivity index (χ4v) is 10.6. The third-order valence-corrected chi connectivity index (χ3v) is 15.8. The van der Waals surface area contributed by atoms with Gasteiger partial charge in [-0.1, -0.05) is 327 Å². The number of hydrogen-bond acceptors (Lipinski definition) is 5. The Labute approximate surface area is 462 Å². The molecule has 1 amide bonds. The van der Waals surface area contributed by atoms with Crippen molar-refractivity contribution in [3.8, 4) is 0 Å². The first-order valence-corrected chi connectivity index (χ1v) is 33.6. The molecule has 74 heavy (non-hydrogen) atoms. The molecule has 0 aliphatic carbocycles. The van der Waals surface area contributed by atoms with E-state index >= 15 is 0 Å². The third-order valence-electron chi connectivity index (χ3n) is 15.8. The molecule has 0 aromatic rings. The minimum Gasteiger partial charge on any atom is -0.466 e. The molecular weight excluding hydrogens is 911 g/mol. The van der Waals surface area contributed by atoms with Crippen molar-refractivity contribution >= 4 is 11.9 Å². The van der Waals surface area contributed by atoms with Gasteiger partial charge in [0.15, 0.2) is 0 Å². The van der Waals surface area contributed by atoms with Crippen LogP contribution in [0.4, 0.5) is 0 Å². The molecule has 3 N–H and O–H groups in total. The zero-order valence-corrected chi connectivity index (χ0v) is 50.1. The normalized spacial score (nSPS) is 12.6. The number of amides is 1. The molecule has 0 aromatic carbocycles. The molecule has 0 radical (unpaired) electrons. The van der Waals surface area contributed by atoms with E-state index in [9.17, 15) is 19.8 Å². The maximum Gasteiger partial charge on any atom is 0.305 e. The summed E-state index contributed by atoms with van der Waals surface area (Å²) >= 11 is 0. The molecule has 0 fully saturated rings. The summed E-state index contributed by atoms with van der Waals surface area (Å²) < 4.78 is 5.50. The number of carbonyl (C=O) groups excluding carboxylic acids is 2. The van der Waals surface area contributed by atoms with Gasteiger partial charge in [0, 0.05) is 12.8 Å². The van der Waals surface area contributed by atoms with Crippen molar-refractivity contribution in [1.82, 2.24) is 5.32 Å². The molecule has 6 heteroatoms. The SMILES string of the molecule is CCCCC/C=C\C/C=C\CCCCCCCCCCCC(=O)OCCCCCCCCCCCCCCCCCCCCCCCC(=O)NC(CO)C(O)CCCCCCCCCCCCCCCCCCC. The third kappa shape index (κ3) is 59.6. The van der Waals surface area contributed by atoms with Crippen LogP contribution in [-0.2, 0) is 14.3 Å². The molecule has 6 nitrogen and oxygen atoms in total. The van der Waals surface area contributed by atoms with E-state index in [0.29, 0.717) is 25.9 Å². The lowest BCUT2D eigenvalue weighted by atomic mass is 10.0. The van der Waals surface area contributed by atoms with Crippen LogP contribution < -0.4 is 5.32 Å². The zero-order valence-electron chi connectivity index (χ0n) is 50.1. The second-order valence-corrected chi connectivity index (χ2v) is 23.2. The number of rotatable bonds is 63. The number of allylic oxidation sites excluding steroid dienone is 4. The van der Waals surface area contributed by atoms with Crippen molar-refractivity contribution in [3.63, 3.8) is 0 Å². The number of esters is 1. The molecule has 0 saturated carbocycles. The van der Waals surface area contributed by atoms with E-state index < -0.39 is 12.1 Å². The van der Waals surface area contributed by atoms with Crippen LogP contribution in [0.5, 0.6) is 0 Å². The van der Waals surface area contributed by atoms with Gasteiger partial charge < -0.3 is 20.3 Å². The maximum atomic E-state index is 12.5. The van der Waals surface area contributed by atoms with E-state index in [4.69, 9.17) is 4.74 Å². The number of ether oxygens (including phenoxy) is 1. The van der Waals surface area contributed by atoms with Crippen LogP contribution in [0.2, 0.25) is 0 Å². The first-order valence-electron chi connectivity index (χ1n) is 33.6. The van der Waals surface area contributed by atoms with Crippen LogP contribution >= 0.6 is 0 Å². The van der Waals surface area contributed by atoms with Crippen LogP contribution in [0.15, 0.2) is 24.3 Å². The van der Waals surface area contributed by atoms with E-state index in [1.54, 1.807) is 0 Å². The highest BCUT2D eigenvalue weighted by Gasteiger charge is 2.20. The van der Waals surface area contributed by atoms with E-state index in [-0.39, 0.29) is 18.5 Å². The van der Waals surface area contributed by atoms with Gasteiger partial charge in [-0.15, -0.1) is 0 Å². The summed E-state index contributed by atoms with van der Waals surface area (Å²) in [5, 5.41) is 23.4. The van der Waals surface area contributed by atoms with Gasteiger partial charge in [-0.2, -0.15) is 0 Å². The molecule has 0 bridgehead atoms. The van der Waals surface area contributed by atoms with Crippen molar-refractivity contribution < 1.29 is 24.5 Å². The molecule has 0 spiro atoms. The Bertz CT molecular complexity index is 1150. The van der Waals surface area contributed by atoms with Gasteiger partial charge >= 0.3 is 5.97 Å². The fraction of sp³-hybridized carbons (Fsp3) is 0.912. The van der Waals surface area contributed by atoms with E-state index in [1.165, 1.54) is 289 Å². The Morgan fingerprint density at radius 2 is 0.676 bits per heavy atom. The summed E-state index contributed by atoms with van der Waals surface area (Å²) in [4.78, 5) is 24.6. The van der Waals surface area contributed by atoms with Crippen LogP contribution in [0, 0.1) is 0 Å². The first kappa shape index (κ1) is 72.3. The summed E-state index contributed by atoms with van der Waals surface area (Å²) in [6, 6.07) is -0.542. The van der Waals surface area contributed by atoms with Gasteiger partial charge in [0.2, 0.25) is 5.91 Å². The Hall–Kier alpha value is -1.66. The summed E-state index contributed by atoms with van der Waals surface area (Å²) in [7, 11) is 0. The zero-order chi connectivity index (χ0) is 53.6. The topological polar surface area (TPSA) is 95.9 Å². The van der Waals surface area contributed by atoms with Crippen molar-refractivity contribution in [3.05, 3.63) is 24.3 Å². The number of aliphatic hydroxyl groups excluding tert-OH is 2. The molecule has 0 rings (SSSR count). The van der Waals surface area contributed by atoms with Crippen molar-refractivity contribution in [2.45, 2.75) is 386 Å². The average Bonchev–Trinajstić information content (AvgIpc) is 3.40. The maximum absolute atomic E-state index is 12.5. The predicted octanol–water partition coefficient (Wildman–Crippen LogP) is 21.4. The number of unbranched alkanes of at least 4 members (excludes halogenated alkanes) is 48. The second kappa shape index (κ2) is 63.9. The van der Waals surface area contributed by atoms with Gasteiger partial charge in [0.1, 0.15) is 0 Å². The highest BCUT2D eigenvalue weighted by atomic mass is 16.5. The largest absolute Gasteiger partial charge is 0.466 e. The Morgan fingerprint density at radius 3 is 1.05 bits per heavy atom. The predicted molar refractivity (Wildman–Crippen MR) is 324 cm³/mol. The fourth-order valence-electron chi connectivity index (χ4n) is 10.6. The molecule has 0 aromatic heterocycles. The summed E-state index contributed by atoms with van der Waals surface area (Å²) in [5.41, 5.74) is 0. The average molecular weight is 1040 g/mol. The number of aliphatic hydroxyl groups is 2. The lowest BCUT2D eigenvalue weighted by molar-refractivity contribution is -0.143. The van der Waals surface area contributed by atoms with Crippen LogP contribution in [0.3, 0.4) is 0 Å². The highest BCUT2D eigenvalue weighted by Crippen LogP contribution is 2.19. The van der Waals surface area contributed by atoms with Gasteiger partial charge in [-0.3, -0.25) is 9.59 Å². The lowest BCUT2D eigenvalue weighted by Crippen LogP contribution is -2.45. The molecule has 438 valence electrons. The minimum absolute atomic E-state index is 0.00907. The summed E-state index contributed by atoms with van der Waals surface area (Å²) in [6.07, 6.45) is 79.1.